The molecule has 0 amide bonds. The minimum absolute atomic E-state index is 0.0985. The lowest BCUT2D eigenvalue weighted by Crippen LogP contribution is -2.41. The molecular formula is C24H26N6O2. The molecular weight excluding hydrogens is 404 g/mol. The predicted octanol–water partition coefficient (Wildman–Crippen LogP) is 3.38. The molecule has 0 radical (unpaired) electrons. The molecule has 0 saturated carbocycles. The monoisotopic (exact) mass is 430 g/mol. The van der Waals surface area contributed by atoms with Gasteiger partial charge in [-0.15, -0.1) is 0 Å². The van der Waals surface area contributed by atoms with Crippen molar-refractivity contribution >= 4 is 40.2 Å². The molecule has 164 valence electrons. The molecule has 8 nitrogen and oxygen atoms in total. The number of allylic oxidation sites excluding steroid dienone is 1. The number of anilines is 2. The maximum Gasteiger partial charge on any atom is 0.322 e. The molecule has 0 bridgehead atoms. The fraction of sp³-hybridized carbons (Fsp3) is 0.250. The van der Waals surface area contributed by atoms with Gasteiger partial charge in [-0.3, -0.25) is 9.78 Å². The second-order valence-electron chi connectivity index (χ2n) is 7.71. The SMILES string of the molecule is N=C/C(=C\NC1CCN(c2cccc(NCC(=O)O)c2)CC1)c1cnc2ccccc2n1. The lowest BCUT2D eigenvalue weighted by molar-refractivity contribution is -0.134. The standard InChI is InChI=1S/C24H26N6O2/c25-13-17(23-15-28-21-6-1-2-7-22(21)29-23)14-26-18-8-10-30(11-9-18)20-5-3-4-19(12-20)27-16-24(31)32/h1-7,12-15,18,25-27H,8-11,16H2,(H,31,32)/b17-14+,25-13?. The summed E-state index contributed by atoms with van der Waals surface area (Å²) < 4.78 is 0. The van der Waals surface area contributed by atoms with Gasteiger partial charge in [-0.05, 0) is 43.2 Å². The summed E-state index contributed by atoms with van der Waals surface area (Å²) in [6.07, 6.45) is 6.78. The van der Waals surface area contributed by atoms with E-state index in [4.69, 9.17) is 10.5 Å². The Bertz CT molecular complexity index is 1140. The first kappa shape index (κ1) is 21.3. The number of carboxylic acids is 1. The lowest BCUT2D eigenvalue weighted by Gasteiger charge is -2.34. The summed E-state index contributed by atoms with van der Waals surface area (Å²) in [4.78, 5) is 22.1. The third kappa shape index (κ3) is 5.21. The van der Waals surface area contributed by atoms with E-state index in [9.17, 15) is 4.79 Å². The number of hydrogen-bond donors (Lipinski definition) is 4. The number of aromatic nitrogens is 2. The van der Waals surface area contributed by atoms with Gasteiger partial charge in [-0.2, -0.15) is 0 Å². The molecule has 2 heterocycles. The van der Waals surface area contributed by atoms with Crippen LogP contribution in [0.2, 0.25) is 0 Å². The fourth-order valence-corrected chi connectivity index (χ4v) is 3.79. The minimum atomic E-state index is -0.880. The molecule has 1 aliphatic heterocycles. The summed E-state index contributed by atoms with van der Waals surface area (Å²) in [7, 11) is 0. The van der Waals surface area contributed by atoms with E-state index in [2.05, 4.69) is 25.5 Å². The average molecular weight is 431 g/mol. The van der Waals surface area contributed by atoms with E-state index in [0.29, 0.717) is 17.3 Å². The molecule has 1 saturated heterocycles. The Morgan fingerprint density at radius 1 is 1.16 bits per heavy atom. The van der Waals surface area contributed by atoms with Crippen LogP contribution in [0, 0.1) is 5.41 Å². The third-order valence-electron chi connectivity index (χ3n) is 5.52. The van der Waals surface area contributed by atoms with Gasteiger partial charge in [-0.25, -0.2) is 4.98 Å². The zero-order valence-electron chi connectivity index (χ0n) is 17.7. The van der Waals surface area contributed by atoms with E-state index in [1.807, 2.05) is 54.7 Å². The van der Waals surface area contributed by atoms with Crippen LogP contribution in [-0.2, 0) is 4.79 Å². The Kier molecular flexibility index (Phi) is 6.60. The largest absolute Gasteiger partial charge is 0.480 e. The molecule has 0 atom stereocenters. The normalized spacial score (nSPS) is 14.9. The molecule has 8 heteroatoms. The quantitative estimate of drug-likeness (QED) is 0.405. The number of carboxylic acid groups (broad SMARTS) is 1. The van der Waals surface area contributed by atoms with Gasteiger partial charge in [0.25, 0.3) is 0 Å². The number of aliphatic carboxylic acids is 1. The molecule has 4 N–H and O–H groups in total. The van der Waals surface area contributed by atoms with Crippen LogP contribution in [0.3, 0.4) is 0 Å². The van der Waals surface area contributed by atoms with Crippen LogP contribution >= 0.6 is 0 Å². The summed E-state index contributed by atoms with van der Waals surface area (Å²) in [6.45, 7) is 1.69. The molecule has 4 rings (SSSR count). The topological polar surface area (TPSA) is 114 Å². The summed E-state index contributed by atoms with van der Waals surface area (Å²) >= 11 is 0. The predicted molar refractivity (Wildman–Crippen MR) is 127 cm³/mol. The fourth-order valence-electron chi connectivity index (χ4n) is 3.79. The van der Waals surface area contributed by atoms with Gasteiger partial charge in [0, 0.05) is 48.5 Å². The average Bonchev–Trinajstić information content (AvgIpc) is 2.83. The Hall–Kier alpha value is -3.94. The number of nitrogens with one attached hydrogen (secondary N) is 3. The van der Waals surface area contributed by atoms with Crippen molar-refractivity contribution in [3.63, 3.8) is 0 Å². The molecule has 32 heavy (non-hydrogen) atoms. The highest BCUT2D eigenvalue weighted by Crippen LogP contribution is 2.23. The van der Waals surface area contributed by atoms with Crippen LogP contribution in [0.5, 0.6) is 0 Å². The number of hydrogen-bond acceptors (Lipinski definition) is 7. The number of rotatable bonds is 8. The van der Waals surface area contributed by atoms with Crippen LogP contribution in [-0.4, -0.2) is 52.9 Å². The lowest BCUT2D eigenvalue weighted by atomic mass is 10.0. The number of carbonyl (C=O) groups is 1. The van der Waals surface area contributed by atoms with Crippen molar-refractivity contribution in [2.45, 2.75) is 18.9 Å². The van der Waals surface area contributed by atoms with Gasteiger partial charge >= 0.3 is 5.97 Å². The van der Waals surface area contributed by atoms with Crippen LogP contribution in [0.1, 0.15) is 18.5 Å². The van der Waals surface area contributed by atoms with Gasteiger partial charge in [-0.1, -0.05) is 18.2 Å². The van der Waals surface area contributed by atoms with E-state index in [1.165, 1.54) is 6.21 Å². The summed E-state index contributed by atoms with van der Waals surface area (Å²) in [5.41, 5.74) is 4.91. The highest BCUT2D eigenvalue weighted by Gasteiger charge is 2.19. The molecule has 0 unspecified atom stereocenters. The van der Waals surface area contributed by atoms with Gasteiger partial charge < -0.3 is 26.0 Å². The molecule has 3 aromatic rings. The van der Waals surface area contributed by atoms with E-state index < -0.39 is 5.97 Å². The van der Waals surface area contributed by atoms with Crippen molar-refractivity contribution in [1.29, 1.82) is 5.41 Å². The smallest absolute Gasteiger partial charge is 0.322 e. The number of piperidine rings is 1. The molecule has 1 aliphatic rings. The molecule has 0 aliphatic carbocycles. The van der Waals surface area contributed by atoms with Crippen LogP contribution in [0.4, 0.5) is 11.4 Å². The minimum Gasteiger partial charge on any atom is -0.480 e. The number of para-hydroxylation sites is 2. The van der Waals surface area contributed by atoms with Gasteiger partial charge in [0.2, 0.25) is 0 Å². The molecule has 1 fully saturated rings. The van der Waals surface area contributed by atoms with E-state index in [-0.39, 0.29) is 6.54 Å². The summed E-state index contributed by atoms with van der Waals surface area (Å²) in [6, 6.07) is 15.9. The number of nitrogens with zero attached hydrogens (tertiary/aromatic N) is 3. The Labute approximate surface area is 186 Å². The zero-order chi connectivity index (χ0) is 22.3. The number of fused-ring (bicyclic) bond motifs is 1. The first-order chi connectivity index (χ1) is 15.6. The summed E-state index contributed by atoms with van der Waals surface area (Å²) in [5, 5.41) is 23.0. The number of benzene rings is 2. The second kappa shape index (κ2) is 9.91. The van der Waals surface area contributed by atoms with Crippen LogP contribution in [0.25, 0.3) is 16.6 Å². The van der Waals surface area contributed by atoms with Crippen LogP contribution in [0.15, 0.2) is 60.9 Å². The Balaban J connectivity index is 1.36. The van der Waals surface area contributed by atoms with Crippen molar-refractivity contribution < 1.29 is 9.90 Å². The van der Waals surface area contributed by atoms with E-state index >= 15 is 0 Å². The van der Waals surface area contributed by atoms with Crippen molar-refractivity contribution in [1.82, 2.24) is 15.3 Å². The second-order valence-corrected chi connectivity index (χ2v) is 7.71. The Morgan fingerprint density at radius 2 is 1.94 bits per heavy atom. The highest BCUT2D eigenvalue weighted by atomic mass is 16.4. The van der Waals surface area contributed by atoms with Crippen molar-refractivity contribution in [2.75, 3.05) is 29.9 Å². The third-order valence-corrected chi connectivity index (χ3v) is 5.52. The van der Waals surface area contributed by atoms with Crippen molar-refractivity contribution in [2.24, 2.45) is 0 Å². The van der Waals surface area contributed by atoms with Gasteiger partial charge in [0.15, 0.2) is 0 Å². The first-order valence-corrected chi connectivity index (χ1v) is 10.6. The zero-order valence-corrected chi connectivity index (χ0v) is 17.7. The maximum atomic E-state index is 10.8. The highest BCUT2D eigenvalue weighted by molar-refractivity contribution is 6.07. The van der Waals surface area contributed by atoms with Gasteiger partial charge in [0.05, 0.1) is 22.9 Å². The van der Waals surface area contributed by atoms with Crippen LogP contribution < -0.4 is 15.5 Å². The molecule has 1 aromatic heterocycles. The first-order valence-electron chi connectivity index (χ1n) is 10.6. The molecule has 0 spiro atoms. The van der Waals surface area contributed by atoms with Crippen molar-refractivity contribution in [3.8, 4) is 0 Å². The molecule has 2 aromatic carbocycles. The van der Waals surface area contributed by atoms with E-state index in [1.54, 1.807) is 6.20 Å². The summed E-state index contributed by atoms with van der Waals surface area (Å²) in [5.74, 6) is -0.880. The maximum absolute atomic E-state index is 10.8. The van der Waals surface area contributed by atoms with Gasteiger partial charge in [0.1, 0.15) is 6.54 Å². The van der Waals surface area contributed by atoms with E-state index in [0.717, 1.165) is 48.3 Å². The van der Waals surface area contributed by atoms with Crippen molar-refractivity contribution in [3.05, 3.63) is 66.6 Å². The Morgan fingerprint density at radius 3 is 2.69 bits per heavy atom.